The molecule has 0 aliphatic rings. The van der Waals surface area contributed by atoms with Gasteiger partial charge in [-0.3, -0.25) is 14.7 Å². The van der Waals surface area contributed by atoms with E-state index in [2.05, 4.69) is 20.8 Å². The summed E-state index contributed by atoms with van der Waals surface area (Å²) in [5.74, 6) is -0.566. The third-order valence-corrected chi connectivity index (χ3v) is 5.20. The number of thioether (sulfide) groups is 1. The molecule has 3 amide bonds. The molecule has 0 spiro atoms. The van der Waals surface area contributed by atoms with Gasteiger partial charge >= 0.3 is 6.03 Å². The number of amides is 3. The Kier molecular flexibility index (Phi) is 6.28. The van der Waals surface area contributed by atoms with Crippen LogP contribution in [0.25, 0.3) is 17.1 Å². The molecule has 7 nitrogen and oxygen atoms in total. The second-order valence-corrected chi connectivity index (χ2v) is 7.59. The molecule has 0 aliphatic carbocycles. The van der Waals surface area contributed by atoms with Crippen LogP contribution in [-0.4, -0.2) is 39.0 Å². The van der Waals surface area contributed by atoms with E-state index in [-0.39, 0.29) is 0 Å². The third-order valence-electron chi connectivity index (χ3n) is 4.16. The number of aryl methyl sites for hydroxylation is 1. The van der Waals surface area contributed by atoms with Crippen molar-refractivity contribution in [2.45, 2.75) is 24.3 Å². The van der Waals surface area contributed by atoms with Gasteiger partial charge in [0.2, 0.25) is 5.91 Å². The first kappa shape index (κ1) is 20.5. The van der Waals surface area contributed by atoms with Gasteiger partial charge in [-0.1, -0.05) is 41.6 Å². The number of nitrogens with zero attached hydrogens (tertiary/aromatic N) is 3. The zero-order valence-corrected chi connectivity index (χ0v) is 17.0. The van der Waals surface area contributed by atoms with Gasteiger partial charge in [0.25, 0.3) is 0 Å². The Morgan fingerprint density at radius 3 is 2.45 bits per heavy atom. The minimum Gasteiger partial charge on any atom is -0.341 e. The lowest BCUT2D eigenvalue weighted by Gasteiger charge is -2.14. The Morgan fingerprint density at radius 1 is 1.10 bits per heavy atom. The Hall–Kier alpha value is -3.20. The van der Waals surface area contributed by atoms with Crippen LogP contribution >= 0.6 is 11.8 Å². The molecule has 3 rings (SSSR count). The highest BCUT2D eigenvalue weighted by Gasteiger charge is 2.23. The van der Waals surface area contributed by atoms with Gasteiger partial charge in [0.15, 0.2) is 11.0 Å². The van der Waals surface area contributed by atoms with Crippen molar-refractivity contribution in [1.29, 1.82) is 0 Å². The summed E-state index contributed by atoms with van der Waals surface area (Å²) in [5.41, 5.74) is 2.11. The molecule has 1 atom stereocenters. The molecule has 2 N–H and O–H groups in total. The van der Waals surface area contributed by atoms with Crippen LogP contribution in [0.15, 0.2) is 53.7 Å². The van der Waals surface area contributed by atoms with Crippen LogP contribution in [0.5, 0.6) is 0 Å². The molecule has 3 aromatic rings. The third kappa shape index (κ3) is 4.62. The van der Waals surface area contributed by atoms with E-state index in [1.165, 1.54) is 13.1 Å². The molecular formula is C20H20FN5O2S. The monoisotopic (exact) mass is 413 g/mol. The summed E-state index contributed by atoms with van der Waals surface area (Å²) in [6, 6.07) is 13.3. The van der Waals surface area contributed by atoms with Crippen molar-refractivity contribution in [2.24, 2.45) is 0 Å². The highest BCUT2D eigenvalue weighted by molar-refractivity contribution is 8.00. The highest BCUT2D eigenvalue weighted by atomic mass is 32.2. The molecular weight excluding hydrogens is 393 g/mol. The molecule has 0 saturated carbocycles. The molecule has 0 bridgehead atoms. The largest absolute Gasteiger partial charge is 0.341 e. The van der Waals surface area contributed by atoms with Crippen molar-refractivity contribution < 1.29 is 14.0 Å². The van der Waals surface area contributed by atoms with Gasteiger partial charge in [0.05, 0.1) is 10.8 Å². The lowest BCUT2D eigenvalue weighted by molar-refractivity contribution is -0.119. The van der Waals surface area contributed by atoms with Crippen LogP contribution in [0.1, 0.15) is 12.5 Å². The van der Waals surface area contributed by atoms with Crippen LogP contribution in [0.3, 0.4) is 0 Å². The normalized spacial score (nSPS) is 11.7. The molecule has 2 aromatic carbocycles. The van der Waals surface area contributed by atoms with E-state index < -0.39 is 23.0 Å². The second kappa shape index (κ2) is 8.87. The fraction of sp³-hybridized carbons (Fsp3) is 0.200. The maximum atomic E-state index is 14.4. The number of benzene rings is 2. The number of urea groups is 1. The molecule has 0 unspecified atom stereocenters. The van der Waals surface area contributed by atoms with E-state index in [0.717, 1.165) is 23.0 Å². The summed E-state index contributed by atoms with van der Waals surface area (Å²) in [4.78, 5) is 23.6. The molecule has 0 radical (unpaired) electrons. The minimum atomic E-state index is -0.630. The molecule has 0 saturated heterocycles. The fourth-order valence-corrected chi connectivity index (χ4v) is 3.44. The van der Waals surface area contributed by atoms with Gasteiger partial charge in [0, 0.05) is 12.7 Å². The predicted octanol–water partition coefficient (Wildman–Crippen LogP) is 3.32. The van der Waals surface area contributed by atoms with Gasteiger partial charge in [-0.15, -0.1) is 10.2 Å². The fourth-order valence-electron chi connectivity index (χ4n) is 2.58. The van der Waals surface area contributed by atoms with Crippen LogP contribution in [-0.2, 0) is 4.79 Å². The Labute approximate surface area is 171 Å². The van der Waals surface area contributed by atoms with E-state index >= 15 is 0 Å². The number of halogens is 1. The summed E-state index contributed by atoms with van der Waals surface area (Å²) < 4.78 is 16.1. The van der Waals surface area contributed by atoms with Gasteiger partial charge in [0.1, 0.15) is 5.82 Å². The zero-order chi connectivity index (χ0) is 21.0. The standard InChI is InChI=1S/C20H20FN5O2S/c1-12-8-10-14(11-9-12)26-17(15-6-4-5-7-16(15)21)24-25-20(26)29-13(2)18(27)23-19(28)22-3/h4-11,13H,1-3H3,(H2,22,23,27,28)/t13-/m0/s1. The molecule has 1 aromatic heterocycles. The van der Waals surface area contributed by atoms with Crippen molar-refractivity contribution in [3.63, 3.8) is 0 Å². The predicted molar refractivity (Wildman–Crippen MR) is 109 cm³/mol. The number of carbonyl (C=O) groups excluding carboxylic acids is 2. The lowest BCUT2D eigenvalue weighted by Crippen LogP contribution is -2.41. The molecule has 29 heavy (non-hydrogen) atoms. The lowest BCUT2D eigenvalue weighted by atomic mass is 10.2. The van der Waals surface area contributed by atoms with Crippen LogP contribution in [0.2, 0.25) is 0 Å². The first-order chi connectivity index (χ1) is 13.9. The maximum Gasteiger partial charge on any atom is 0.321 e. The van der Waals surface area contributed by atoms with E-state index in [9.17, 15) is 14.0 Å². The van der Waals surface area contributed by atoms with E-state index in [0.29, 0.717) is 16.5 Å². The quantitative estimate of drug-likeness (QED) is 0.627. The zero-order valence-electron chi connectivity index (χ0n) is 16.1. The first-order valence-corrected chi connectivity index (χ1v) is 9.75. The summed E-state index contributed by atoms with van der Waals surface area (Å²) in [6.45, 7) is 3.62. The second-order valence-electron chi connectivity index (χ2n) is 6.29. The summed E-state index contributed by atoms with van der Waals surface area (Å²) in [5, 5.41) is 12.7. The smallest absolute Gasteiger partial charge is 0.321 e. The van der Waals surface area contributed by atoms with Crippen molar-refractivity contribution in [3.8, 4) is 17.1 Å². The van der Waals surface area contributed by atoms with E-state index in [1.807, 2.05) is 31.2 Å². The Bertz CT molecular complexity index is 1040. The van der Waals surface area contributed by atoms with Crippen LogP contribution in [0, 0.1) is 12.7 Å². The van der Waals surface area contributed by atoms with E-state index in [4.69, 9.17) is 0 Å². The SMILES string of the molecule is CNC(=O)NC(=O)[C@H](C)Sc1nnc(-c2ccccc2F)n1-c1ccc(C)cc1. The summed E-state index contributed by atoms with van der Waals surface area (Å²) in [7, 11) is 1.43. The van der Waals surface area contributed by atoms with Crippen molar-refractivity contribution >= 4 is 23.7 Å². The van der Waals surface area contributed by atoms with Gasteiger partial charge in [-0.25, -0.2) is 9.18 Å². The Morgan fingerprint density at radius 2 is 1.79 bits per heavy atom. The number of hydrogen-bond donors (Lipinski definition) is 2. The van der Waals surface area contributed by atoms with Crippen molar-refractivity contribution in [1.82, 2.24) is 25.4 Å². The number of hydrogen-bond acceptors (Lipinski definition) is 5. The molecule has 0 aliphatic heterocycles. The average molecular weight is 413 g/mol. The van der Waals surface area contributed by atoms with Crippen molar-refractivity contribution in [3.05, 3.63) is 59.9 Å². The molecule has 1 heterocycles. The van der Waals surface area contributed by atoms with Gasteiger partial charge < -0.3 is 5.32 Å². The number of aromatic nitrogens is 3. The number of nitrogens with one attached hydrogen (secondary N) is 2. The Balaban J connectivity index is 2.01. The number of rotatable bonds is 5. The molecule has 9 heteroatoms. The summed E-state index contributed by atoms with van der Waals surface area (Å²) >= 11 is 1.13. The first-order valence-electron chi connectivity index (χ1n) is 8.87. The van der Waals surface area contributed by atoms with E-state index in [1.54, 1.807) is 29.7 Å². The van der Waals surface area contributed by atoms with Crippen LogP contribution < -0.4 is 10.6 Å². The molecule has 0 fully saturated rings. The van der Waals surface area contributed by atoms with Gasteiger partial charge in [-0.05, 0) is 38.1 Å². The van der Waals surface area contributed by atoms with Gasteiger partial charge in [-0.2, -0.15) is 0 Å². The minimum absolute atomic E-state index is 0.301. The van der Waals surface area contributed by atoms with Crippen molar-refractivity contribution in [2.75, 3.05) is 7.05 Å². The number of carbonyl (C=O) groups is 2. The summed E-state index contributed by atoms with van der Waals surface area (Å²) in [6.07, 6.45) is 0. The maximum absolute atomic E-state index is 14.4. The average Bonchev–Trinajstić information content (AvgIpc) is 3.12. The van der Waals surface area contributed by atoms with Crippen LogP contribution in [0.4, 0.5) is 9.18 Å². The molecule has 150 valence electrons. The number of imide groups is 1. The topological polar surface area (TPSA) is 88.9 Å². The highest BCUT2D eigenvalue weighted by Crippen LogP contribution is 2.31.